The summed E-state index contributed by atoms with van der Waals surface area (Å²) in [5, 5.41) is 11.2. The van der Waals surface area contributed by atoms with Crippen LogP contribution in [0.4, 0.5) is 4.39 Å². The molecule has 4 rings (SSSR count). The van der Waals surface area contributed by atoms with Crippen LogP contribution in [0.25, 0.3) is 16.8 Å². The van der Waals surface area contributed by atoms with E-state index in [1.165, 1.54) is 12.1 Å². The summed E-state index contributed by atoms with van der Waals surface area (Å²) in [6.45, 7) is 4.41. The lowest BCUT2D eigenvalue weighted by atomic mass is 10.2. The number of pyridine rings is 1. The standard InChI is InChI=1S/C21H20FN5O/c1-14-9-19-8-5-17(12-26(19)10-14)21(28)23-15(2)11-27-13-20(24-25-27)16-3-6-18(22)7-4-16/h3-10,12-13,15H,11H2,1-2H3,(H,23,28)/t15-/m0/s1. The van der Waals surface area contributed by atoms with E-state index in [9.17, 15) is 9.18 Å². The first-order valence-electron chi connectivity index (χ1n) is 9.03. The van der Waals surface area contributed by atoms with Crippen molar-refractivity contribution >= 4 is 11.4 Å². The van der Waals surface area contributed by atoms with Gasteiger partial charge in [-0.05, 0) is 61.9 Å². The van der Waals surface area contributed by atoms with E-state index < -0.39 is 0 Å². The second-order valence-electron chi connectivity index (χ2n) is 6.97. The van der Waals surface area contributed by atoms with Crippen molar-refractivity contribution in [3.63, 3.8) is 0 Å². The van der Waals surface area contributed by atoms with E-state index in [1.54, 1.807) is 23.0 Å². The highest BCUT2D eigenvalue weighted by Crippen LogP contribution is 2.16. The Labute approximate surface area is 161 Å². The number of hydrogen-bond acceptors (Lipinski definition) is 3. The predicted octanol–water partition coefficient (Wildman–Crippen LogP) is 3.46. The fourth-order valence-corrected chi connectivity index (χ4v) is 3.16. The number of carbonyl (C=O) groups excluding carboxylic acids is 1. The van der Waals surface area contributed by atoms with E-state index >= 15 is 0 Å². The molecule has 1 N–H and O–H groups in total. The van der Waals surface area contributed by atoms with Gasteiger partial charge in [0, 0.05) is 29.5 Å². The number of carbonyl (C=O) groups is 1. The Bertz CT molecular complexity index is 1130. The van der Waals surface area contributed by atoms with Gasteiger partial charge in [0.2, 0.25) is 0 Å². The number of rotatable bonds is 5. The number of aromatic nitrogens is 4. The fraction of sp³-hybridized carbons (Fsp3) is 0.190. The third kappa shape index (κ3) is 3.78. The quantitative estimate of drug-likeness (QED) is 0.579. The molecule has 3 aromatic heterocycles. The van der Waals surface area contributed by atoms with Crippen LogP contribution in [0.15, 0.2) is 61.1 Å². The van der Waals surface area contributed by atoms with Crippen LogP contribution in [0.1, 0.15) is 22.8 Å². The average Bonchev–Trinajstić information content (AvgIpc) is 3.27. The highest BCUT2D eigenvalue weighted by atomic mass is 19.1. The summed E-state index contributed by atoms with van der Waals surface area (Å²) >= 11 is 0. The first kappa shape index (κ1) is 17.9. The largest absolute Gasteiger partial charge is 0.348 e. The molecule has 0 unspecified atom stereocenters. The summed E-state index contributed by atoms with van der Waals surface area (Å²) in [6.07, 6.45) is 5.60. The Hall–Kier alpha value is -3.48. The molecule has 0 aliphatic rings. The maximum Gasteiger partial charge on any atom is 0.253 e. The maximum atomic E-state index is 13.0. The summed E-state index contributed by atoms with van der Waals surface area (Å²) in [6, 6.07) is 11.8. The van der Waals surface area contributed by atoms with Gasteiger partial charge >= 0.3 is 0 Å². The number of halogens is 1. The number of hydrogen-bond donors (Lipinski definition) is 1. The molecule has 1 atom stereocenters. The van der Waals surface area contributed by atoms with E-state index in [4.69, 9.17) is 0 Å². The van der Waals surface area contributed by atoms with Crippen molar-refractivity contribution in [3.8, 4) is 11.3 Å². The maximum absolute atomic E-state index is 13.0. The molecule has 0 spiro atoms. The molecule has 3 heterocycles. The van der Waals surface area contributed by atoms with E-state index in [0.29, 0.717) is 17.8 Å². The number of amides is 1. The van der Waals surface area contributed by atoms with Gasteiger partial charge in [-0.3, -0.25) is 4.79 Å². The van der Waals surface area contributed by atoms with Crippen molar-refractivity contribution in [2.75, 3.05) is 0 Å². The molecule has 0 fully saturated rings. The summed E-state index contributed by atoms with van der Waals surface area (Å²) in [5.41, 5.74) is 4.25. The van der Waals surface area contributed by atoms with Crippen molar-refractivity contribution in [1.82, 2.24) is 24.7 Å². The van der Waals surface area contributed by atoms with Crippen molar-refractivity contribution in [2.45, 2.75) is 26.4 Å². The highest BCUT2D eigenvalue weighted by molar-refractivity contribution is 5.94. The summed E-state index contributed by atoms with van der Waals surface area (Å²) in [5.74, 6) is -0.430. The minimum Gasteiger partial charge on any atom is -0.348 e. The van der Waals surface area contributed by atoms with Gasteiger partial charge in [0.25, 0.3) is 5.91 Å². The molecule has 0 saturated carbocycles. The van der Waals surface area contributed by atoms with Gasteiger partial charge in [0.05, 0.1) is 18.3 Å². The van der Waals surface area contributed by atoms with Crippen LogP contribution >= 0.6 is 0 Å². The molecule has 7 heteroatoms. The van der Waals surface area contributed by atoms with Crippen LogP contribution in [-0.4, -0.2) is 31.3 Å². The molecule has 28 heavy (non-hydrogen) atoms. The van der Waals surface area contributed by atoms with Crippen molar-refractivity contribution in [2.24, 2.45) is 0 Å². The monoisotopic (exact) mass is 377 g/mol. The molecule has 142 valence electrons. The zero-order valence-corrected chi connectivity index (χ0v) is 15.6. The van der Waals surface area contributed by atoms with Crippen LogP contribution in [0.2, 0.25) is 0 Å². The minimum atomic E-state index is -0.291. The molecule has 0 radical (unpaired) electrons. The van der Waals surface area contributed by atoms with Crippen molar-refractivity contribution in [3.05, 3.63) is 78.0 Å². The molecule has 6 nitrogen and oxygen atoms in total. The number of aryl methyl sites for hydroxylation is 1. The molecule has 0 aliphatic carbocycles. The molecule has 0 bridgehead atoms. The molecular weight excluding hydrogens is 357 g/mol. The van der Waals surface area contributed by atoms with Gasteiger partial charge in [-0.1, -0.05) is 5.21 Å². The molecule has 1 aromatic carbocycles. The second-order valence-corrected chi connectivity index (χ2v) is 6.97. The van der Waals surface area contributed by atoms with Crippen LogP contribution in [0.5, 0.6) is 0 Å². The summed E-state index contributed by atoms with van der Waals surface area (Å²) in [7, 11) is 0. The lowest BCUT2D eigenvalue weighted by Gasteiger charge is -2.13. The zero-order chi connectivity index (χ0) is 19.7. The SMILES string of the molecule is Cc1cc2ccc(C(=O)N[C@@H](C)Cn3cc(-c4ccc(F)cc4)nn3)cn2c1. The van der Waals surface area contributed by atoms with E-state index in [1.807, 2.05) is 42.8 Å². The van der Waals surface area contributed by atoms with E-state index in [-0.39, 0.29) is 17.8 Å². The lowest BCUT2D eigenvalue weighted by Crippen LogP contribution is -2.35. The Morgan fingerprint density at radius 3 is 2.71 bits per heavy atom. The van der Waals surface area contributed by atoms with Gasteiger partial charge in [0.15, 0.2) is 0 Å². The molecule has 4 aromatic rings. The Morgan fingerprint density at radius 1 is 1.14 bits per heavy atom. The third-order valence-corrected chi connectivity index (χ3v) is 4.51. The summed E-state index contributed by atoms with van der Waals surface area (Å²) < 4.78 is 16.7. The number of benzene rings is 1. The van der Waals surface area contributed by atoms with Crippen LogP contribution < -0.4 is 5.32 Å². The Kier molecular flexibility index (Phi) is 4.65. The highest BCUT2D eigenvalue weighted by Gasteiger charge is 2.13. The smallest absolute Gasteiger partial charge is 0.253 e. The number of nitrogens with zero attached hydrogens (tertiary/aromatic N) is 4. The van der Waals surface area contributed by atoms with E-state index in [2.05, 4.69) is 21.7 Å². The molecular formula is C21H20FN5O. The molecule has 0 saturated heterocycles. The summed E-state index contributed by atoms with van der Waals surface area (Å²) in [4.78, 5) is 12.5. The zero-order valence-electron chi connectivity index (χ0n) is 15.6. The van der Waals surface area contributed by atoms with Gasteiger partial charge < -0.3 is 9.72 Å². The topological polar surface area (TPSA) is 64.2 Å². The van der Waals surface area contributed by atoms with Crippen LogP contribution in [0, 0.1) is 12.7 Å². The normalized spacial score (nSPS) is 12.2. The predicted molar refractivity (Wildman–Crippen MR) is 104 cm³/mol. The third-order valence-electron chi connectivity index (χ3n) is 4.51. The van der Waals surface area contributed by atoms with Crippen molar-refractivity contribution < 1.29 is 9.18 Å². The molecule has 0 aliphatic heterocycles. The fourth-order valence-electron chi connectivity index (χ4n) is 3.16. The van der Waals surface area contributed by atoms with E-state index in [0.717, 1.165) is 16.6 Å². The Morgan fingerprint density at radius 2 is 1.93 bits per heavy atom. The first-order chi connectivity index (χ1) is 13.5. The Balaban J connectivity index is 1.41. The van der Waals surface area contributed by atoms with Crippen LogP contribution in [-0.2, 0) is 6.54 Å². The van der Waals surface area contributed by atoms with Gasteiger partial charge in [-0.25, -0.2) is 9.07 Å². The van der Waals surface area contributed by atoms with Gasteiger partial charge in [0.1, 0.15) is 11.5 Å². The molecule has 1 amide bonds. The number of fused-ring (bicyclic) bond motifs is 1. The first-order valence-corrected chi connectivity index (χ1v) is 9.03. The lowest BCUT2D eigenvalue weighted by molar-refractivity contribution is 0.0935. The second kappa shape index (κ2) is 7.26. The van der Waals surface area contributed by atoms with Gasteiger partial charge in [-0.2, -0.15) is 0 Å². The van der Waals surface area contributed by atoms with Crippen LogP contribution in [0.3, 0.4) is 0 Å². The van der Waals surface area contributed by atoms with Gasteiger partial charge in [-0.15, -0.1) is 5.10 Å². The minimum absolute atomic E-state index is 0.139. The number of nitrogens with one attached hydrogen (secondary N) is 1. The average molecular weight is 377 g/mol. The van der Waals surface area contributed by atoms with Crippen molar-refractivity contribution in [1.29, 1.82) is 0 Å².